The van der Waals surface area contributed by atoms with Crippen LogP contribution in [-0.2, 0) is 21.2 Å². The molecule has 1 amide bonds. The highest BCUT2D eigenvalue weighted by molar-refractivity contribution is 7.89. The fourth-order valence-electron chi connectivity index (χ4n) is 4.05. The summed E-state index contributed by atoms with van der Waals surface area (Å²) in [6.45, 7) is 3.97. The van der Waals surface area contributed by atoms with Gasteiger partial charge in [-0.05, 0) is 49.4 Å². The monoisotopic (exact) mass is 523 g/mol. The van der Waals surface area contributed by atoms with Crippen LogP contribution in [0.25, 0.3) is 0 Å². The lowest BCUT2D eigenvalue weighted by atomic mass is 10.0. The molecule has 0 saturated heterocycles. The number of sulfonamides is 1. The Morgan fingerprint density at radius 3 is 2.43 bits per heavy atom. The summed E-state index contributed by atoms with van der Waals surface area (Å²) in [5.41, 5.74) is 1.65. The standard InChI is InChI=1S/C25H34ClN3O5S/c1-17-14-29(18(2)16-30)25(31)13-19-12-21(27(3)4)8-11-23(19)34-24(17)15-28(5)35(32,33)22-9-6-20(26)7-10-22/h6-12,17-18,24,30H,13-16H2,1-5H3/t17-,18+,24+/m0/s1. The number of carbonyl (C=O) groups excluding carboxylic acids is 1. The van der Waals surface area contributed by atoms with E-state index in [9.17, 15) is 18.3 Å². The number of aliphatic hydroxyl groups excluding tert-OH is 1. The van der Waals surface area contributed by atoms with Crippen LogP contribution in [0.3, 0.4) is 0 Å². The molecule has 192 valence electrons. The van der Waals surface area contributed by atoms with Crippen LogP contribution in [0.1, 0.15) is 19.4 Å². The number of hydrogen-bond acceptors (Lipinski definition) is 6. The molecule has 3 rings (SSSR count). The maximum absolute atomic E-state index is 13.2. The van der Waals surface area contributed by atoms with Gasteiger partial charge in [0.1, 0.15) is 11.9 Å². The summed E-state index contributed by atoms with van der Waals surface area (Å²) in [7, 11) is 1.57. The van der Waals surface area contributed by atoms with Crippen LogP contribution < -0.4 is 9.64 Å². The number of carbonyl (C=O) groups is 1. The first-order valence-corrected chi connectivity index (χ1v) is 13.3. The second-order valence-electron chi connectivity index (χ2n) is 9.31. The van der Waals surface area contributed by atoms with Crippen LogP contribution in [0.5, 0.6) is 5.75 Å². The van der Waals surface area contributed by atoms with Gasteiger partial charge in [-0.2, -0.15) is 4.31 Å². The van der Waals surface area contributed by atoms with Crippen molar-refractivity contribution in [3.63, 3.8) is 0 Å². The van der Waals surface area contributed by atoms with E-state index in [4.69, 9.17) is 16.3 Å². The van der Waals surface area contributed by atoms with Crippen molar-refractivity contribution < 1.29 is 23.1 Å². The number of halogens is 1. The minimum atomic E-state index is -3.78. The molecule has 1 aliphatic rings. The minimum absolute atomic E-state index is 0.0799. The number of fused-ring (bicyclic) bond motifs is 1. The predicted octanol–water partition coefficient (Wildman–Crippen LogP) is 2.88. The number of amides is 1. The Hall–Kier alpha value is -2.33. The highest BCUT2D eigenvalue weighted by atomic mass is 35.5. The summed E-state index contributed by atoms with van der Waals surface area (Å²) in [5, 5.41) is 10.2. The summed E-state index contributed by atoms with van der Waals surface area (Å²) in [6.07, 6.45) is -0.412. The summed E-state index contributed by atoms with van der Waals surface area (Å²) in [6, 6.07) is 11.3. The quantitative estimate of drug-likeness (QED) is 0.600. The van der Waals surface area contributed by atoms with Crippen molar-refractivity contribution >= 4 is 33.2 Å². The lowest BCUT2D eigenvalue weighted by Crippen LogP contribution is -2.48. The van der Waals surface area contributed by atoms with Gasteiger partial charge in [-0.1, -0.05) is 18.5 Å². The Balaban J connectivity index is 1.97. The SMILES string of the molecule is C[C@H](CO)N1C[C@H](C)[C@@H](CN(C)S(=O)(=O)c2ccc(Cl)cc2)Oc2ccc(N(C)C)cc2CC1=O. The van der Waals surface area contributed by atoms with Crippen LogP contribution in [0.15, 0.2) is 47.4 Å². The second kappa shape index (κ2) is 11.2. The number of ether oxygens (including phenoxy) is 1. The van der Waals surface area contributed by atoms with E-state index < -0.39 is 16.1 Å². The third kappa shape index (κ3) is 6.27. The van der Waals surface area contributed by atoms with Crippen molar-refractivity contribution in [2.75, 3.05) is 45.7 Å². The summed E-state index contributed by atoms with van der Waals surface area (Å²) in [5.74, 6) is 0.230. The Morgan fingerprint density at radius 1 is 1.17 bits per heavy atom. The van der Waals surface area contributed by atoms with Crippen LogP contribution >= 0.6 is 11.6 Å². The summed E-state index contributed by atoms with van der Waals surface area (Å²) >= 11 is 5.93. The van der Waals surface area contributed by atoms with Crippen LogP contribution in [0.4, 0.5) is 5.69 Å². The number of hydrogen-bond donors (Lipinski definition) is 1. The van der Waals surface area contributed by atoms with E-state index in [1.54, 1.807) is 24.0 Å². The minimum Gasteiger partial charge on any atom is -0.488 e. The van der Waals surface area contributed by atoms with Crippen molar-refractivity contribution in [1.29, 1.82) is 0 Å². The van der Waals surface area contributed by atoms with Gasteiger partial charge in [0, 0.05) is 49.9 Å². The van der Waals surface area contributed by atoms with E-state index in [0.29, 0.717) is 17.3 Å². The fraction of sp³-hybridized carbons (Fsp3) is 0.480. The molecule has 2 aromatic rings. The van der Waals surface area contributed by atoms with Gasteiger partial charge in [-0.3, -0.25) is 4.79 Å². The fourth-order valence-corrected chi connectivity index (χ4v) is 5.36. The van der Waals surface area contributed by atoms with Gasteiger partial charge in [0.25, 0.3) is 0 Å². The smallest absolute Gasteiger partial charge is 0.242 e. The van der Waals surface area contributed by atoms with E-state index in [1.165, 1.54) is 23.5 Å². The maximum atomic E-state index is 13.2. The van der Waals surface area contributed by atoms with Gasteiger partial charge in [-0.15, -0.1) is 0 Å². The normalized spacial score (nSPS) is 19.9. The van der Waals surface area contributed by atoms with Gasteiger partial charge in [0.05, 0.1) is 30.5 Å². The van der Waals surface area contributed by atoms with Crippen molar-refractivity contribution in [2.24, 2.45) is 5.92 Å². The van der Waals surface area contributed by atoms with Crippen LogP contribution in [0.2, 0.25) is 5.02 Å². The van der Waals surface area contributed by atoms with E-state index in [1.807, 2.05) is 44.1 Å². The second-order valence-corrected chi connectivity index (χ2v) is 11.8. The number of rotatable bonds is 7. The van der Waals surface area contributed by atoms with E-state index in [0.717, 1.165) is 11.3 Å². The average molecular weight is 524 g/mol. The molecular formula is C25H34ClN3O5S. The summed E-state index contributed by atoms with van der Waals surface area (Å²) < 4.78 is 34.1. The lowest BCUT2D eigenvalue weighted by molar-refractivity contribution is -0.134. The maximum Gasteiger partial charge on any atom is 0.242 e. The zero-order valence-electron chi connectivity index (χ0n) is 20.8. The molecule has 1 aliphatic heterocycles. The molecule has 1 N–H and O–H groups in total. The Bertz CT molecular complexity index is 1140. The Kier molecular flexibility index (Phi) is 8.69. The molecule has 0 fully saturated rings. The first kappa shape index (κ1) is 27.3. The molecule has 0 saturated carbocycles. The molecular weight excluding hydrogens is 490 g/mol. The molecule has 0 bridgehead atoms. The first-order chi connectivity index (χ1) is 16.4. The molecule has 0 unspecified atom stereocenters. The first-order valence-electron chi connectivity index (χ1n) is 11.5. The molecule has 0 radical (unpaired) electrons. The molecule has 0 aliphatic carbocycles. The molecule has 0 aromatic heterocycles. The number of likely N-dealkylation sites (N-methyl/N-ethyl adjacent to an activating group) is 1. The van der Waals surface area contributed by atoms with Gasteiger partial charge in [0.15, 0.2) is 0 Å². The molecule has 10 heteroatoms. The average Bonchev–Trinajstić information content (AvgIpc) is 2.86. The van der Waals surface area contributed by atoms with E-state index in [-0.39, 0.29) is 42.3 Å². The molecule has 35 heavy (non-hydrogen) atoms. The largest absolute Gasteiger partial charge is 0.488 e. The van der Waals surface area contributed by atoms with Crippen LogP contribution in [-0.4, -0.2) is 81.6 Å². The Labute approximate surface area is 213 Å². The van der Waals surface area contributed by atoms with Crippen LogP contribution in [0, 0.1) is 5.92 Å². The van der Waals surface area contributed by atoms with Crippen molar-refractivity contribution in [2.45, 2.75) is 37.3 Å². The zero-order chi connectivity index (χ0) is 25.9. The van der Waals surface area contributed by atoms with Crippen molar-refractivity contribution in [3.8, 4) is 5.75 Å². The number of benzene rings is 2. The molecule has 8 nitrogen and oxygen atoms in total. The van der Waals surface area contributed by atoms with Gasteiger partial charge in [-0.25, -0.2) is 8.42 Å². The number of nitrogens with zero attached hydrogens (tertiary/aromatic N) is 3. The highest BCUT2D eigenvalue weighted by Crippen LogP contribution is 2.30. The third-order valence-electron chi connectivity index (χ3n) is 6.38. The highest BCUT2D eigenvalue weighted by Gasteiger charge is 2.33. The molecule has 0 spiro atoms. The van der Waals surface area contributed by atoms with Gasteiger partial charge >= 0.3 is 0 Å². The Morgan fingerprint density at radius 2 is 1.83 bits per heavy atom. The summed E-state index contributed by atoms with van der Waals surface area (Å²) in [4.78, 5) is 17.0. The zero-order valence-corrected chi connectivity index (χ0v) is 22.4. The number of anilines is 1. The third-order valence-corrected chi connectivity index (χ3v) is 8.46. The molecule has 1 heterocycles. The van der Waals surface area contributed by atoms with E-state index >= 15 is 0 Å². The van der Waals surface area contributed by atoms with Crippen molar-refractivity contribution in [1.82, 2.24) is 9.21 Å². The van der Waals surface area contributed by atoms with Gasteiger partial charge < -0.3 is 19.6 Å². The topological polar surface area (TPSA) is 90.4 Å². The van der Waals surface area contributed by atoms with Crippen molar-refractivity contribution in [3.05, 3.63) is 53.1 Å². The molecule has 3 atom stereocenters. The lowest BCUT2D eigenvalue weighted by Gasteiger charge is -2.33. The van der Waals surface area contributed by atoms with Gasteiger partial charge in [0.2, 0.25) is 15.9 Å². The molecule has 2 aromatic carbocycles. The predicted molar refractivity (Wildman–Crippen MR) is 138 cm³/mol. The number of aliphatic hydroxyl groups is 1. The van der Waals surface area contributed by atoms with E-state index in [2.05, 4.69) is 0 Å².